The van der Waals surface area contributed by atoms with E-state index in [1.807, 2.05) is 0 Å². The Morgan fingerprint density at radius 3 is 2.65 bits per heavy atom. The molecular formula is C19H26F3N3O. The quantitative estimate of drug-likeness (QED) is 0.824. The lowest BCUT2D eigenvalue weighted by Gasteiger charge is -2.31. The second-order valence-corrected chi connectivity index (χ2v) is 7.22. The Labute approximate surface area is 152 Å². The predicted octanol–water partition coefficient (Wildman–Crippen LogP) is 4.02. The van der Waals surface area contributed by atoms with Crippen LogP contribution in [0.1, 0.15) is 44.1 Å². The van der Waals surface area contributed by atoms with E-state index in [9.17, 15) is 18.0 Å². The smallest absolute Gasteiger partial charge is 0.370 e. The minimum Gasteiger partial charge on any atom is -0.370 e. The molecule has 1 atom stereocenters. The molecule has 1 aromatic rings. The number of hydrogen-bond donors (Lipinski definition) is 2. The van der Waals surface area contributed by atoms with Gasteiger partial charge in [-0.05, 0) is 69.3 Å². The summed E-state index contributed by atoms with van der Waals surface area (Å²) < 4.78 is 39.3. The first-order chi connectivity index (χ1) is 12.4. The van der Waals surface area contributed by atoms with Gasteiger partial charge in [0.05, 0.1) is 16.9 Å². The van der Waals surface area contributed by atoms with E-state index in [1.165, 1.54) is 6.07 Å². The molecule has 0 saturated carbocycles. The van der Waals surface area contributed by atoms with Crippen LogP contribution in [-0.2, 0) is 11.0 Å². The van der Waals surface area contributed by atoms with Crippen molar-refractivity contribution >= 4 is 17.3 Å². The second kappa shape index (κ2) is 8.29. The lowest BCUT2D eigenvalue weighted by molar-refractivity contribution is -0.137. The van der Waals surface area contributed by atoms with Gasteiger partial charge in [-0.3, -0.25) is 4.79 Å². The molecule has 26 heavy (non-hydrogen) atoms. The summed E-state index contributed by atoms with van der Waals surface area (Å²) in [6.45, 7) is 3.50. The van der Waals surface area contributed by atoms with E-state index in [1.54, 1.807) is 0 Å². The Morgan fingerprint density at radius 2 is 2.00 bits per heavy atom. The van der Waals surface area contributed by atoms with Crippen LogP contribution in [0.2, 0.25) is 0 Å². The highest BCUT2D eigenvalue weighted by Gasteiger charge is 2.32. The van der Waals surface area contributed by atoms with Crippen LogP contribution in [0.25, 0.3) is 0 Å². The molecule has 7 heteroatoms. The highest BCUT2D eigenvalue weighted by Crippen LogP contribution is 2.36. The van der Waals surface area contributed by atoms with Gasteiger partial charge in [0, 0.05) is 19.5 Å². The summed E-state index contributed by atoms with van der Waals surface area (Å²) in [4.78, 5) is 14.4. The van der Waals surface area contributed by atoms with Gasteiger partial charge in [-0.1, -0.05) is 0 Å². The van der Waals surface area contributed by atoms with Crippen molar-refractivity contribution in [1.82, 2.24) is 5.32 Å². The van der Waals surface area contributed by atoms with Crippen LogP contribution in [0.5, 0.6) is 0 Å². The Morgan fingerprint density at radius 1 is 1.23 bits per heavy atom. The van der Waals surface area contributed by atoms with E-state index >= 15 is 0 Å². The van der Waals surface area contributed by atoms with Gasteiger partial charge in [0.25, 0.3) is 0 Å². The standard InChI is InChI=1S/C19H26F3N3O/c20-19(21,22)15-5-6-17(25-10-2-1-3-11-25)16(12-15)24-18(26)7-4-14-8-9-23-13-14/h5-6,12,14,23H,1-4,7-11,13H2,(H,24,26). The van der Waals surface area contributed by atoms with Gasteiger partial charge in [-0.25, -0.2) is 0 Å². The average Bonchev–Trinajstić information content (AvgIpc) is 3.13. The molecule has 2 N–H and O–H groups in total. The first-order valence-electron chi connectivity index (χ1n) is 9.40. The van der Waals surface area contributed by atoms with Gasteiger partial charge in [0.2, 0.25) is 5.91 Å². The Hall–Kier alpha value is -1.76. The summed E-state index contributed by atoms with van der Waals surface area (Å²) in [7, 11) is 0. The van der Waals surface area contributed by atoms with Crippen LogP contribution in [0.4, 0.5) is 24.5 Å². The summed E-state index contributed by atoms with van der Waals surface area (Å²) in [6, 6.07) is 3.66. The minimum atomic E-state index is -4.42. The van der Waals surface area contributed by atoms with E-state index in [0.717, 1.165) is 70.4 Å². The number of rotatable bonds is 5. The van der Waals surface area contributed by atoms with E-state index in [-0.39, 0.29) is 11.6 Å². The first-order valence-corrected chi connectivity index (χ1v) is 9.40. The molecule has 1 aromatic carbocycles. The molecular weight excluding hydrogens is 343 g/mol. The average molecular weight is 369 g/mol. The van der Waals surface area contributed by atoms with Crippen LogP contribution in [0.15, 0.2) is 18.2 Å². The molecule has 1 amide bonds. The molecule has 2 heterocycles. The maximum Gasteiger partial charge on any atom is 0.416 e. The van der Waals surface area contributed by atoms with Gasteiger partial charge >= 0.3 is 6.18 Å². The van der Waals surface area contributed by atoms with Crippen molar-refractivity contribution in [3.63, 3.8) is 0 Å². The van der Waals surface area contributed by atoms with Gasteiger partial charge in [-0.15, -0.1) is 0 Å². The highest BCUT2D eigenvalue weighted by molar-refractivity contribution is 5.94. The van der Waals surface area contributed by atoms with Gasteiger partial charge in [0.1, 0.15) is 0 Å². The molecule has 0 aliphatic carbocycles. The fourth-order valence-electron chi connectivity index (χ4n) is 3.73. The number of nitrogens with zero attached hydrogens (tertiary/aromatic N) is 1. The first kappa shape index (κ1) is 19.0. The molecule has 2 fully saturated rings. The third-order valence-electron chi connectivity index (χ3n) is 5.24. The number of carbonyl (C=O) groups excluding carboxylic acids is 1. The van der Waals surface area contributed by atoms with Crippen LogP contribution in [0, 0.1) is 5.92 Å². The number of alkyl halides is 3. The summed E-state index contributed by atoms with van der Waals surface area (Å²) >= 11 is 0. The summed E-state index contributed by atoms with van der Waals surface area (Å²) in [5.41, 5.74) is 0.235. The molecule has 0 aromatic heterocycles. The van der Waals surface area contributed by atoms with Crippen LogP contribution >= 0.6 is 0 Å². The normalized spacial score (nSPS) is 21.0. The van der Waals surface area contributed by atoms with Crippen molar-refractivity contribution in [2.75, 3.05) is 36.4 Å². The van der Waals surface area contributed by atoms with Crippen molar-refractivity contribution in [2.45, 2.75) is 44.7 Å². The second-order valence-electron chi connectivity index (χ2n) is 7.22. The Kier molecular flexibility index (Phi) is 6.06. The van der Waals surface area contributed by atoms with Crippen LogP contribution in [-0.4, -0.2) is 32.1 Å². The number of amides is 1. The zero-order valence-electron chi connectivity index (χ0n) is 14.9. The molecule has 4 nitrogen and oxygen atoms in total. The fraction of sp³-hybridized carbons (Fsp3) is 0.632. The number of piperidine rings is 1. The summed E-state index contributed by atoms with van der Waals surface area (Å²) in [5, 5.41) is 6.00. The van der Waals surface area contributed by atoms with Gasteiger partial charge in [0.15, 0.2) is 0 Å². The van der Waals surface area contributed by atoms with Crippen LogP contribution in [0.3, 0.4) is 0 Å². The molecule has 0 bridgehead atoms. The van der Waals surface area contributed by atoms with Crippen molar-refractivity contribution < 1.29 is 18.0 Å². The summed E-state index contributed by atoms with van der Waals surface area (Å²) in [5.74, 6) is 0.262. The molecule has 3 rings (SSSR count). The maximum absolute atomic E-state index is 13.1. The Bertz CT molecular complexity index is 621. The zero-order chi connectivity index (χ0) is 18.6. The van der Waals surface area contributed by atoms with Crippen molar-refractivity contribution in [3.8, 4) is 0 Å². The molecule has 0 spiro atoms. The molecule has 144 valence electrons. The largest absolute Gasteiger partial charge is 0.416 e. The third kappa shape index (κ3) is 4.90. The molecule has 2 saturated heterocycles. The summed E-state index contributed by atoms with van der Waals surface area (Å²) in [6.07, 6.45) is 0.893. The van der Waals surface area contributed by atoms with Crippen molar-refractivity contribution in [1.29, 1.82) is 0 Å². The van der Waals surface area contributed by atoms with E-state index < -0.39 is 11.7 Å². The van der Waals surface area contributed by atoms with E-state index in [4.69, 9.17) is 0 Å². The van der Waals surface area contributed by atoms with E-state index in [0.29, 0.717) is 18.0 Å². The molecule has 2 aliphatic rings. The topological polar surface area (TPSA) is 44.4 Å². The fourth-order valence-corrected chi connectivity index (χ4v) is 3.73. The SMILES string of the molecule is O=C(CCC1CCNC1)Nc1cc(C(F)(F)F)ccc1N1CCCCC1. The van der Waals surface area contributed by atoms with Crippen LogP contribution < -0.4 is 15.5 Å². The monoisotopic (exact) mass is 369 g/mol. The van der Waals surface area contributed by atoms with Gasteiger partial charge in [-0.2, -0.15) is 13.2 Å². The predicted molar refractivity (Wildman–Crippen MR) is 96.3 cm³/mol. The maximum atomic E-state index is 13.1. The molecule has 2 aliphatic heterocycles. The third-order valence-corrected chi connectivity index (χ3v) is 5.24. The molecule has 0 radical (unpaired) electrons. The minimum absolute atomic E-state index is 0.213. The number of benzene rings is 1. The number of carbonyl (C=O) groups is 1. The van der Waals surface area contributed by atoms with E-state index in [2.05, 4.69) is 15.5 Å². The zero-order valence-corrected chi connectivity index (χ0v) is 14.9. The van der Waals surface area contributed by atoms with Gasteiger partial charge < -0.3 is 15.5 Å². The lowest BCUT2D eigenvalue weighted by atomic mass is 10.0. The number of nitrogens with one attached hydrogen (secondary N) is 2. The Balaban J connectivity index is 1.73. The van der Waals surface area contributed by atoms with Crippen molar-refractivity contribution in [2.24, 2.45) is 5.92 Å². The number of anilines is 2. The highest BCUT2D eigenvalue weighted by atomic mass is 19.4. The lowest BCUT2D eigenvalue weighted by Crippen LogP contribution is -2.30. The number of halogens is 3. The van der Waals surface area contributed by atoms with Crippen molar-refractivity contribution in [3.05, 3.63) is 23.8 Å². The number of hydrogen-bond acceptors (Lipinski definition) is 3. The molecule has 1 unspecified atom stereocenters.